The summed E-state index contributed by atoms with van der Waals surface area (Å²) in [6, 6.07) is 20.3. The van der Waals surface area contributed by atoms with E-state index in [4.69, 9.17) is 16.3 Å². The van der Waals surface area contributed by atoms with Crippen LogP contribution in [0.4, 0.5) is 0 Å². The Labute approximate surface area is 155 Å². The maximum Gasteiger partial charge on any atom is 0.214 e. The van der Waals surface area contributed by atoms with Crippen LogP contribution in [0.3, 0.4) is 0 Å². The smallest absolute Gasteiger partial charge is 0.214 e. The molecule has 2 aromatic carbocycles. The predicted molar refractivity (Wildman–Crippen MR) is 102 cm³/mol. The Morgan fingerprint density at radius 1 is 0.808 bits per heavy atom. The van der Waals surface area contributed by atoms with Crippen molar-refractivity contribution in [2.75, 3.05) is 0 Å². The molecule has 0 aliphatic rings. The van der Waals surface area contributed by atoms with Crippen LogP contribution < -0.4 is 4.74 Å². The van der Waals surface area contributed by atoms with Gasteiger partial charge in [-0.15, -0.1) is 0 Å². The van der Waals surface area contributed by atoms with E-state index in [9.17, 15) is 5.11 Å². The van der Waals surface area contributed by atoms with Crippen molar-refractivity contribution in [2.24, 2.45) is 0 Å². The van der Waals surface area contributed by atoms with Gasteiger partial charge < -0.3 is 9.84 Å². The van der Waals surface area contributed by atoms with E-state index < -0.39 is 6.10 Å². The zero-order chi connectivity index (χ0) is 17.9. The van der Waals surface area contributed by atoms with Crippen LogP contribution in [-0.4, -0.2) is 15.1 Å². The summed E-state index contributed by atoms with van der Waals surface area (Å²) in [7, 11) is 0. The number of halogens is 1. The molecule has 0 saturated carbocycles. The summed E-state index contributed by atoms with van der Waals surface area (Å²) in [4.78, 5) is 8.52. The third-order valence-corrected chi connectivity index (χ3v) is 4.47. The molecule has 4 rings (SSSR count). The molecular formula is C21H15ClN2O2. The molecule has 0 bridgehead atoms. The molecule has 2 aromatic heterocycles. The number of pyridine rings is 2. The summed E-state index contributed by atoms with van der Waals surface area (Å²) in [6.07, 6.45) is 2.68. The molecule has 0 amide bonds. The Kier molecular flexibility index (Phi) is 4.42. The topological polar surface area (TPSA) is 55.2 Å². The highest BCUT2D eigenvalue weighted by atomic mass is 35.5. The maximum absolute atomic E-state index is 10.8. The van der Waals surface area contributed by atoms with Gasteiger partial charge in [-0.3, -0.25) is 4.98 Å². The number of phenolic OH excluding ortho intramolecular Hbond substituents is 1. The Morgan fingerprint density at radius 2 is 1.62 bits per heavy atom. The lowest BCUT2D eigenvalue weighted by molar-refractivity contribution is 0.232. The lowest BCUT2D eigenvalue weighted by Crippen LogP contribution is -2.11. The number of ether oxygens (including phenoxy) is 1. The monoisotopic (exact) mass is 362 g/mol. The molecule has 0 aliphatic heterocycles. The third-order valence-electron chi connectivity index (χ3n) is 4.13. The van der Waals surface area contributed by atoms with Crippen LogP contribution in [-0.2, 0) is 0 Å². The first-order valence-corrected chi connectivity index (χ1v) is 8.50. The highest BCUT2D eigenvalue weighted by molar-refractivity contribution is 6.31. The van der Waals surface area contributed by atoms with Crippen molar-refractivity contribution in [1.29, 1.82) is 0 Å². The highest BCUT2D eigenvalue weighted by Crippen LogP contribution is 2.38. The number of aromatic hydroxyl groups is 1. The number of aromatic nitrogens is 2. The minimum Gasteiger partial charge on any atom is -0.505 e. The van der Waals surface area contributed by atoms with E-state index >= 15 is 0 Å². The fourth-order valence-corrected chi connectivity index (χ4v) is 3.11. The number of phenols is 1. The average molecular weight is 363 g/mol. The van der Waals surface area contributed by atoms with E-state index in [0.717, 1.165) is 10.9 Å². The van der Waals surface area contributed by atoms with Crippen LogP contribution >= 0.6 is 11.6 Å². The second-order valence-electron chi connectivity index (χ2n) is 5.77. The molecule has 26 heavy (non-hydrogen) atoms. The number of hydrogen-bond donors (Lipinski definition) is 1. The van der Waals surface area contributed by atoms with Crippen molar-refractivity contribution in [2.45, 2.75) is 6.10 Å². The molecule has 1 unspecified atom stereocenters. The summed E-state index contributed by atoms with van der Waals surface area (Å²) in [5, 5.41) is 12.2. The van der Waals surface area contributed by atoms with Crippen LogP contribution in [0.2, 0.25) is 5.02 Å². The SMILES string of the molecule is Oc1c(C(Oc2ccccn2)c2ccccc2Cl)ccc2cccnc12. The second-order valence-corrected chi connectivity index (χ2v) is 6.17. The van der Waals surface area contributed by atoms with Crippen molar-refractivity contribution in [3.8, 4) is 11.6 Å². The molecule has 4 nitrogen and oxygen atoms in total. The molecule has 0 spiro atoms. The average Bonchev–Trinajstić information content (AvgIpc) is 2.68. The zero-order valence-electron chi connectivity index (χ0n) is 13.7. The van der Waals surface area contributed by atoms with E-state index in [1.165, 1.54) is 0 Å². The number of rotatable bonds is 4. The second kappa shape index (κ2) is 7.02. The van der Waals surface area contributed by atoms with Gasteiger partial charge in [0.1, 0.15) is 11.3 Å². The molecule has 4 aromatic rings. The number of benzene rings is 2. The summed E-state index contributed by atoms with van der Waals surface area (Å²) in [6.45, 7) is 0. The highest BCUT2D eigenvalue weighted by Gasteiger charge is 2.24. The standard InChI is InChI=1S/C21H15ClN2O2/c22-17-8-2-1-7-15(17)21(26-18-9-3-4-12-23-18)16-11-10-14-6-5-13-24-19(14)20(16)25/h1-13,21,25H. The van der Waals surface area contributed by atoms with E-state index in [1.807, 2.05) is 54.6 Å². The summed E-state index contributed by atoms with van der Waals surface area (Å²) in [5.74, 6) is 0.516. The van der Waals surface area contributed by atoms with Crippen LogP contribution in [0, 0.1) is 0 Å². The van der Waals surface area contributed by atoms with Gasteiger partial charge in [0, 0.05) is 40.0 Å². The van der Waals surface area contributed by atoms with E-state index in [2.05, 4.69) is 9.97 Å². The fourth-order valence-electron chi connectivity index (χ4n) is 2.88. The molecule has 0 aliphatic carbocycles. The van der Waals surface area contributed by atoms with Gasteiger partial charge in [0.15, 0.2) is 6.10 Å². The van der Waals surface area contributed by atoms with Gasteiger partial charge >= 0.3 is 0 Å². The minimum atomic E-state index is -0.620. The molecule has 0 saturated heterocycles. The molecule has 0 radical (unpaired) electrons. The Bertz CT molecular complexity index is 1050. The van der Waals surface area contributed by atoms with E-state index in [-0.39, 0.29) is 5.75 Å². The molecule has 1 N–H and O–H groups in total. The number of fused-ring (bicyclic) bond motifs is 1. The zero-order valence-corrected chi connectivity index (χ0v) is 14.5. The Hall–Kier alpha value is -3.11. The number of hydrogen-bond acceptors (Lipinski definition) is 4. The molecule has 0 fully saturated rings. The van der Waals surface area contributed by atoms with Crippen molar-refractivity contribution in [3.05, 3.63) is 95.3 Å². The van der Waals surface area contributed by atoms with Gasteiger partial charge in [-0.05, 0) is 18.2 Å². The molecule has 5 heteroatoms. The van der Waals surface area contributed by atoms with Gasteiger partial charge in [0.25, 0.3) is 0 Å². The van der Waals surface area contributed by atoms with Gasteiger partial charge in [-0.2, -0.15) is 0 Å². The van der Waals surface area contributed by atoms with Crippen molar-refractivity contribution >= 4 is 22.5 Å². The first kappa shape index (κ1) is 16.4. The third kappa shape index (κ3) is 3.07. The molecule has 2 heterocycles. The maximum atomic E-state index is 10.8. The lowest BCUT2D eigenvalue weighted by Gasteiger charge is -2.21. The van der Waals surface area contributed by atoms with Crippen LogP contribution in [0.25, 0.3) is 10.9 Å². The first-order chi connectivity index (χ1) is 12.7. The van der Waals surface area contributed by atoms with Crippen LogP contribution in [0.15, 0.2) is 79.1 Å². The molecule has 128 valence electrons. The van der Waals surface area contributed by atoms with Gasteiger partial charge in [-0.25, -0.2) is 4.98 Å². The lowest BCUT2D eigenvalue weighted by atomic mass is 9.98. The van der Waals surface area contributed by atoms with Crippen LogP contribution in [0.1, 0.15) is 17.2 Å². The van der Waals surface area contributed by atoms with Crippen molar-refractivity contribution < 1.29 is 9.84 Å². The normalized spacial score (nSPS) is 12.0. The quantitative estimate of drug-likeness (QED) is 0.545. The van der Waals surface area contributed by atoms with Crippen molar-refractivity contribution in [3.63, 3.8) is 0 Å². The molecule has 1 atom stereocenters. The van der Waals surface area contributed by atoms with E-state index in [0.29, 0.717) is 22.0 Å². The van der Waals surface area contributed by atoms with E-state index in [1.54, 1.807) is 24.5 Å². The van der Waals surface area contributed by atoms with Crippen LogP contribution in [0.5, 0.6) is 11.6 Å². The summed E-state index contributed by atoms with van der Waals surface area (Å²) >= 11 is 6.41. The molecular weight excluding hydrogens is 348 g/mol. The Morgan fingerprint density at radius 3 is 2.42 bits per heavy atom. The van der Waals surface area contributed by atoms with Gasteiger partial charge in [0.2, 0.25) is 5.88 Å². The summed E-state index contributed by atoms with van der Waals surface area (Å²) < 4.78 is 6.11. The predicted octanol–water partition coefficient (Wildman–Crippen LogP) is 5.16. The Balaban J connectivity index is 1.88. The van der Waals surface area contributed by atoms with Gasteiger partial charge in [0.05, 0.1) is 0 Å². The largest absolute Gasteiger partial charge is 0.505 e. The fraction of sp³-hybridized carbons (Fsp3) is 0.0476. The minimum absolute atomic E-state index is 0.0731. The van der Waals surface area contributed by atoms with Crippen molar-refractivity contribution in [1.82, 2.24) is 9.97 Å². The first-order valence-electron chi connectivity index (χ1n) is 8.13. The number of nitrogens with zero attached hydrogens (tertiary/aromatic N) is 2. The summed E-state index contributed by atoms with van der Waals surface area (Å²) in [5.41, 5.74) is 1.84. The van der Waals surface area contributed by atoms with Gasteiger partial charge in [-0.1, -0.05) is 54.1 Å².